The van der Waals surface area contributed by atoms with Crippen molar-refractivity contribution in [1.82, 2.24) is 0 Å². The Bertz CT molecular complexity index is 565. The number of rotatable bonds is 4. The van der Waals surface area contributed by atoms with Crippen LogP contribution < -0.4 is 5.73 Å². The zero-order valence-corrected chi connectivity index (χ0v) is 10.8. The molecule has 1 saturated carbocycles. The second-order valence-corrected chi connectivity index (χ2v) is 6.78. The van der Waals surface area contributed by atoms with Gasteiger partial charge in [0.05, 0.1) is 16.2 Å². The van der Waals surface area contributed by atoms with E-state index in [1.165, 1.54) is 12.1 Å². The molecule has 1 aromatic rings. The Balaban J connectivity index is 2.34. The van der Waals surface area contributed by atoms with Crippen LogP contribution in [0.15, 0.2) is 29.2 Å². The molecule has 1 aliphatic rings. The normalized spacial score (nSPS) is 18.3. The summed E-state index contributed by atoms with van der Waals surface area (Å²) < 4.78 is 62.5. The van der Waals surface area contributed by atoms with Crippen molar-refractivity contribution >= 4 is 9.84 Å². The van der Waals surface area contributed by atoms with E-state index in [0.29, 0.717) is 0 Å². The molecule has 0 radical (unpaired) electrons. The number of hydrogen-bond donors (Lipinski definition) is 1. The van der Waals surface area contributed by atoms with E-state index >= 15 is 0 Å². The molecule has 0 aromatic heterocycles. The SMILES string of the molecule is NC(CS(=O)(=O)c1ccccc1C(F)(F)F)C1CC1. The highest BCUT2D eigenvalue weighted by Crippen LogP contribution is 2.36. The monoisotopic (exact) mass is 293 g/mol. The second-order valence-electron chi connectivity index (χ2n) is 4.78. The molecule has 1 atom stereocenters. The fourth-order valence-electron chi connectivity index (χ4n) is 1.98. The lowest BCUT2D eigenvalue weighted by Crippen LogP contribution is -2.32. The molecule has 106 valence electrons. The van der Waals surface area contributed by atoms with E-state index in [-0.39, 0.29) is 5.92 Å². The van der Waals surface area contributed by atoms with E-state index in [0.717, 1.165) is 25.0 Å². The van der Waals surface area contributed by atoms with Gasteiger partial charge < -0.3 is 5.73 Å². The number of nitrogens with two attached hydrogens (primary N) is 1. The number of alkyl halides is 3. The van der Waals surface area contributed by atoms with Gasteiger partial charge in [-0.15, -0.1) is 0 Å². The Hall–Kier alpha value is -1.08. The van der Waals surface area contributed by atoms with Crippen molar-refractivity contribution in [2.24, 2.45) is 11.7 Å². The lowest BCUT2D eigenvalue weighted by Gasteiger charge is -2.15. The molecular weight excluding hydrogens is 279 g/mol. The van der Waals surface area contributed by atoms with Crippen molar-refractivity contribution in [1.29, 1.82) is 0 Å². The molecule has 2 N–H and O–H groups in total. The van der Waals surface area contributed by atoms with Crippen LogP contribution in [0.25, 0.3) is 0 Å². The van der Waals surface area contributed by atoms with Gasteiger partial charge in [-0.1, -0.05) is 12.1 Å². The van der Waals surface area contributed by atoms with Gasteiger partial charge in [-0.05, 0) is 30.9 Å². The standard InChI is InChI=1S/C12H14F3NO2S/c13-12(14,15)9-3-1-2-4-11(9)19(17,18)7-10(16)8-5-6-8/h1-4,8,10H,5-7,16H2. The van der Waals surface area contributed by atoms with E-state index in [9.17, 15) is 21.6 Å². The third-order valence-corrected chi connectivity index (χ3v) is 5.02. The van der Waals surface area contributed by atoms with Crippen molar-refractivity contribution in [3.05, 3.63) is 29.8 Å². The minimum Gasteiger partial charge on any atom is -0.327 e. The van der Waals surface area contributed by atoms with Crippen LogP contribution in [0.5, 0.6) is 0 Å². The van der Waals surface area contributed by atoms with Crippen LogP contribution in [-0.2, 0) is 16.0 Å². The summed E-state index contributed by atoms with van der Waals surface area (Å²) in [5.41, 5.74) is 4.57. The van der Waals surface area contributed by atoms with E-state index < -0.39 is 38.3 Å². The average Bonchev–Trinajstić information content (AvgIpc) is 3.11. The fraction of sp³-hybridized carbons (Fsp3) is 0.500. The van der Waals surface area contributed by atoms with Crippen molar-refractivity contribution in [3.63, 3.8) is 0 Å². The van der Waals surface area contributed by atoms with Gasteiger partial charge in [-0.3, -0.25) is 0 Å². The Labute approximate surface area is 109 Å². The van der Waals surface area contributed by atoms with Gasteiger partial charge >= 0.3 is 6.18 Å². The maximum absolute atomic E-state index is 12.8. The molecule has 0 heterocycles. The van der Waals surface area contributed by atoms with Gasteiger partial charge in [-0.2, -0.15) is 13.2 Å². The minimum absolute atomic E-state index is 0.118. The number of hydrogen-bond acceptors (Lipinski definition) is 3. The first-order valence-corrected chi connectivity index (χ1v) is 7.51. The quantitative estimate of drug-likeness (QED) is 0.926. The Kier molecular flexibility index (Phi) is 3.61. The highest BCUT2D eigenvalue weighted by molar-refractivity contribution is 7.91. The summed E-state index contributed by atoms with van der Waals surface area (Å²) in [6.45, 7) is 0. The van der Waals surface area contributed by atoms with Gasteiger partial charge in [0, 0.05) is 6.04 Å². The molecule has 19 heavy (non-hydrogen) atoms. The van der Waals surface area contributed by atoms with Crippen molar-refractivity contribution in [3.8, 4) is 0 Å². The summed E-state index contributed by atoms with van der Waals surface area (Å²) in [6.07, 6.45) is -3.00. The molecule has 1 aromatic carbocycles. The van der Waals surface area contributed by atoms with Crippen LogP contribution in [0.2, 0.25) is 0 Å². The zero-order chi connectivity index (χ0) is 14.3. The Morgan fingerprint density at radius 2 is 1.84 bits per heavy atom. The third kappa shape index (κ3) is 3.27. The van der Waals surface area contributed by atoms with Crippen LogP contribution in [-0.4, -0.2) is 20.2 Å². The van der Waals surface area contributed by atoms with Crippen molar-refractivity contribution in [2.45, 2.75) is 30.0 Å². The molecule has 0 spiro atoms. The molecular formula is C12H14F3NO2S. The molecule has 7 heteroatoms. The molecule has 0 aliphatic heterocycles. The topological polar surface area (TPSA) is 60.2 Å². The largest absolute Gasteiger partial charge is 0.417 e. The van der Waals surface area contributed by atoms with Crippen LogP contribution in [0.3, 0.4) is 0 Å². The van der Waals surface area contributed by atoms with Gasteiger partial charge in [0.25, 0.3) is 0 Å². The molecule has 0 bridgehead atoms. The summed E-state index contributed by atoms with van der Waals surface area (Å²) in [6, 6.07) is 3.62. The highest BCUT2D eigenvalue weighted by atomic mass is 32.2. The fourth-order valence-corrected chi connectivity index (χ4v) is 3.74. The number of halogens is 3. The predicted molar refractivity (Wildman–Crippen MR) is 64.2 cm³/mol. The summed E-state index contributed by atoms with van der Waals surface area (Å²) in [5.74, 6) is -0.321. The van der Waals surface area contributed by atoms with E-state index in [2.05, 4.69) is 0 Å². The second kappa shape index (κ2) is 4.79. The first-order valence-electron chi connectivity index (χ1n) is 5.86. The minimum atomic E-state index is -4.69. The van der Waals surface area contributed by atoms with Crippen LogP contribution in [0.4, 0.5) is 13.2 Å². The first kappa shape index (κ1) is 14.3. The third-order valence-electron chi connectivity index (χ3n) is 3.17. The molecule has 1 fully saturated rings. The highest BCUT2D eigenvalue weighted by Gasteiger charge is 2.38. The molecule has 3 nitrogen and oxygen atoms in total. The molecule has 2 rings (SSSR count). The van der Waals surface area contributed by atoms with Gasteiger partial charge in [0.1, 0.15) is 0 Å². The number of sulfone groups is 1. The van der Waals surface area contributed by atoms with Gasteiger partial charge in [0.2, 0.25) is 0 Å². The van der Waals surface area contributed by atoms with Gasteiger partial charge in [0.15, 0.2) is 9.84 Å². The summed E-state index contributed by atoms with van der Waals surface area (Å²) in [4.78, 5) is -0.682. The van der Waals surface area contributed by atoms with E-state index in [1.807, 2.05) is 0 Å². The molecule has 0 amide bonds. The lowest BCUT2D eigenvalue weighted by molar-refractivity contribution is -0.139. The summed E-state index contributed by atoms with van der Waals surface area (Å²) in [7, 11) is -4.02. The van der Waals surface area contributed by atoms with Crippen molar-refractivity contribution < 1.29 is 21.6 Å². The number of benzene rings is 1. The average molecular weight is 293 g/mol. The van der Waals surface area contributed by atoms with E-state index in [1.54, 1.807) is 0 Å². The summed E-state index contributed by atoms with van der Waals surface area (Å²) >= 11 is 0. The molecule has 1 unspecified atom stereocenters. The molecule has 0 saturated heterocycles. The first-order chi connectivity index (χ1) is 8.72. The van der Waals surface area contributed by atoms with Crippen molar-refractivity contribution in [2.75, 3.05) is 5.75 Å². The zero-order valence-electron chi connectivity index (χ0n) is 10.0. The lowest BCUT2D eigenvalue weighted by atomic mass is 10.2. The van der Waals surface area contributed by atoms with Crippen LogP contribution in [0, 0.1) is 5.92 Å². The Morgan fingerprint density at radius 3 is 2.37 bits per heavy atom. The summed E-state index contributed by atoms with van der Waals surface area (Å²) in [5, 5.41) is 0. The maximum atomic E-state index is 12.8. The van der Waals surface area contributed by atoms with Crippen LogP contribution >= 0.6 is 0 Å². The smallest absolute Gasteiger partial charge is 0.327 e. The predicted octanol–water partition coefficient (Wildman–Crippen LogP) is 2.22. The maximum Gasteiger partial charge on any atom is 0.417 e. The van der Waals surface area contributed by atoms with Crippen LogP contribution in [0.1, 0.15) is 18.4 Å². The van der Waals surface area contributed by atoms with Gasteiger partial charge in [-0.25, -0.2) is 8.42 Å². The Morgan fingerprint density at radius 1 is 1.26 bits per heavy atom. The molecule has 1 aliphatic carbocycles. The van der Waals surface area contributed by atoms with E-state index in [4.69, 9.17) is 5.73 Å².